The van der Waals surface area contributed by atoms with Gasteiger partial charge in [0.15, 0.2) is 5.82 Å². The second kappa shape index (κ2) is 4.50. The van der Waals surface area contributed by atoms with Crippen molar-refractivity contribution in [2.45, 2.75) is 19.5 Å². The van der Waals surface area contributed by atoms with Gasteiger partial charge in [0.05, 0.1) is 17.7 Å². The van der Waals surface area contributed by atoms with Gasteiger partial charge in [0.1, 0.15) is 6.33 Å². The number of nitrogens with one attached hydrogen (secondary N) is 1. The van der Waals surface area contributed by atoms with Crippen LogP contribution >= 0.6 is 11.3 Å². The summed E-state index contributed by atoms with van der Waals surface area (Å²) in [6.07, 6.45) is 1.70. The van der Waals surface area contributed by atoms with Crippen molar-refractivity contribution in [2.24, 2.45) is 7.05 Å². The van der Waals surface area contributed by atoms with Gasteiger partial charge in [-0.25, -0.2) is 9.97 Å². The van der Waals surface area contributed by atoms with E-state index >= 15 is 0 Å². The number of hydrogen-bond acceptors (Lipinski definition) is 5. The molecule has 0 aliphatic heterocycles. The molecule has 0 bridgehead atoms. The zero-order valence-corrected chi connectivity index (χ0v) is 9.53. The molecule has 0 amide bonds. The smallest absolute Gasteiger partial charge is 0.164 e. The molecule has 1 atom stereocenters. The third kappa shape index (κ3) is 2.60. The number of rotatable bonds is 4. The van der Waals surface area contributed by atoms with Gasteiger partial charge in [-0.15, -0.1) is 11.3 Å². The Balaban J connectivity index is 1.88. The summed E-state index contributed by atoms with van der Waals surface area (Å²) in [4.78, 5) is 8.38. The summed E-state index contributed by atoms with van der Waals surface area (Å²) in [5, 5.41) is 9.55. The first kappa shape index (κ1) is 10.3. The van der Waals surface area contributed by atoms with E-state index in [4.69, 9.17) is 0 Å². The maximum Gasteiger partial charge on any atom is 0.164 e. The second-order valence-corrected chi connectivity index (χ2v) is 4.07. The van der Waals surface area contributed by atoms with Crippen LogP contribution in [0.25, 0.3) is 0 Å². The van der Waals surface area contributed by atoms with Crippen LogP contribution < -0.4 is 5.32 Å². The van der Waals surface area contributed by atoms with Crippen molar-refractivity contribution in [3.05, 3.63) is 28.7 Å². The highest BCUT2D eigenvalue weighted by molar-refractivity contribution is 7.07. The summed E-state index contributed by atoms with van der Waals surface area (Å²) in [5.74, 6) is 0.805. The van der Waals surface area contributed by atoms with Crippen LogP contribution in [0.1, 0.15) is 24.5 Å². The van der Waals surface area contributed by atoms with Crippen molar-refractivity contribution < 1.29 is 0 Å². The van der Waals surface area contributed by atoms with Crippen LogP contribution in [0.5, 0.6) is 0 Å². The molecule has 2 aromatic heterocycles. The average Bonchev–Trinajstić information content (AvgIpc) is 2.84. The fourth-order valence-electron chi connectivity index (χ4n) is 1.25. The normalized spacial score (nSPS) is 12.9. The monoisotopic (exact) mass is 223 g/mol. The van der Waals surface area contributed by atoms with Gasteiger partial charge in [-0.2, -0.15) is 5.10 Å². The van der Waals surface area contributed by atoms with E-state index < -0.39 is 0 Å². The molecule has 15 heavy (non-hydrogen) atoms. The fourth-order valence-corrected chi connectivity index (χ4v) is 1.90. The minimum Gasteiger partial charge on any atom is -0.302 e. The maximum atomic E-state index is 4.24. The molecule has 0 aromatic carbocycles. The molecule has 0 saturated carbocycles. The molecule has 2 aromatic rings. The predicted molar refractivity (Wildman–Crippen MR) is 58.4 cm³/mol. The van der Waals surface area contributed by atoms with Crippen LogP contribution in [0.4, 0.5) is 0 Å². The minimum absolute atomic E-state index is 0.236. The van der Waals surface area contributed by atoms with Crippen molar-refractivity contribution >= 4 is 11.3 Å². The summed E-state index contributed by atoms with van der Waals surface area (Å²) < 4.78 is 1.70. The van der Waals surface area contributed by atoms with Crippen LogP contribution in [-0.4, -0.2) is 19.7 Å². The largest absolute Gasteiger partial charge is 0.302 e. The number of thiazole rings is 1. The van der Waals surface area contributed by atoms with Crippen LogP contribution in [-0.2, 0) is 13.6 Å². The highest BCUT2D eigenvalue weighted by atomic mass is 32.1. The van der Waals surface area contributed by atoms with Gasteiger partial charge in [0, 0.05) is 18.5 Å². The lowest BCUT2D eigenvalue weighted by atomic mass is 10.2. The van der Waals surface area contributed by atoms with Gasteiger partial charge in [-0.05, 0) is 6.92 Å². The highest BCUT2D eigenvalue weighted by Crippen LogP contribution is 2.11. The van der Waals surface area contributed by atoms with E-state index in [2.05, 4.69) is 27.3 Å². The summed E-state index contributed by atoms with van der Waals surface area (Å²) in [5.41, 5.74) is 2.91. The molecular weight excluding hydrogens is 210 g/mol. The molecule has 0 aliphatic carbocycles. The summed E-state index contributed by atoms with van der Waals surface area (Å²) in [6, 6.07) is 0.236. The van der Waals surface area contributed by atoms with Gasteiger partial charge < -0.3 is 5.32 Å². The second-order valence-electron chi connectivity index (χ2n) is 3.35. The Morgan fingerprint density at radius 1 is 1.53 bits per heavy atom. The number of aryl methyl sites for hydroxylation is 1. The number of hydrogen-bond donors (Lipinski definition) is 1. The first-order valence-electron chi connectivity index (χ1n) is 4.71. The lowest BCUT2D eigenvalue weighted by molar-refractivity contribution is 0.547. The SMILES string of the molecule is CC(NCc1ncn(C)n1)c1cscn1. The van der Waals surface area contributed by atoms with E-state index in [-0.39, 0.29) is 6.04 Å². The lowest BCUT2D eigenvalue weighted by Gasteiger charge is -2.08. The highest BCUT2D eigenvalue weighted by Gasteiger charge is 2.07. The first-order chi connectivity index (χ1) is 7.25. The number of nitrogens with zero attached hydrogens (tertiary/aromatic N) is 4. The quantitative estimate of drug-likeness (QED) is 0.844. The molecule has 0 spiro atoms. The molecule has 6 heteroatoms. The van der Waals surface area contributed by atoms with Crippen LogP contribution in [0, 0.1) is 0 Å². The molecule has 0 radical (unpaired) electrons. The van der Waals surface area contributed by atoms with Crippen molar-refractivity contribution in [1.29, 1.82) is 0 Å². The number of aromatic nitrogens is 4. The maximum absolute atomic E-state index is 4.24. The molecule has 5 nitrogen and oxygen atoms in total. The van der Waals surface area contributed by atoms with E-state index in [1.54, 1.807) is 22.3 Å². The predicted octanol–water partition coefficient (Wildman–Crippen LogP) is 1.12. The van der Waals surface area contributed by atoms with Gasteiger partial charge >= 0.3 is 0 Å². The Morgan fingerprint density at radius 3 is 3.00 bits per heavy atom. The summed E-state index contributed by atoms with van der Waals surface area (Å²) in [6.45, 7) is 2.75. The minimum atomic E-state index is 0.236. The van der Waals surface area contributed by atoms with E-state index in [9.17, 15) is 0 Å². The Labute approximate surface area is 92.2 Å². The Kier molecular flexibility index (Phi) is 3.08. The molecule has 1 N–H and O–H groups in total. The zero-order chi connectivity index (χ0) is 10.7. The molecule has 2 rings (SSSR count). The Hall–Kier alpha value is -1.27. The van der Waals surface area contributed by atoms with Crippen molar-refractivity contribution in [3.63, 3.8) is 0 Å². The molecule has 80 valence electrons. The standard InChI is InChI=1S/C9H13N5S/c1-7(8-4-15-6-12-8)10-3-9-11-5-14(2)13-9/h4-7,10H,3H2,1-2H3. The van der Waals surface area contributed by atoms with Crippen molar-refractivity contribution in [2.75, 3.05) is 0 Å². The summed E-state index contributed by atoms with van der Waals surface area (Å²) in [7, 11) is 1.86. The third-order valence-corrected chi connectivity index (χ3v) is 2.71. The molecule has 2 heterocycles. The van der Waals surface area contributed by atoms with Crippen molar-refractivity contribution in [1.82, 2.24) is 25.1 Å². The Bertz CT molecular complexity index is 408. The first-order valence-corrected chi connectivity index (χ1v) is 5.66. The van der Waals surface area contributed by atoms with Gasteiger partial charge in [-0.1, -0.05) is 0 Å². The lowest BCUT2D eigenvalue weighted by Crippen LogP contribution is -2.19. The van der Waals surface area contributed by atoms with Crippen LogP contribution in [0.3, 0.4) is 0 Å². The topological polar surface area (TPSA) is 55.6 Å². The fraction of sp³-hybridized carbons (Fsp3) is 0.444. The van der Waals surface area contributed by atoms with Crippen molar-refractivity contribution in [3.8, 4) is 0 Å². The van der Waals surface area contributed by atoms with Crippen LogP contribution in [0.2, 0.25) is 0 Å². The van der Waals surface area contributed by atoms with Crippen LogP contribution in [0.15, 0.2) is 17.2 Å². The molecule has 1 unspecified atom stereocenters. The van der Waals surface area contributed by atoms with E-state index in [1.807, 2.05) is 17.9 Å². The summed E-state index contributed by atoms with van der Waals surface area (Å²) >= 11 is 1.61. The third-order valence-electron chi connectivity index (χ3n) is 2.11. The van der Waals surface area contributed by atoms with E-state index in [0.29, 0.717) is 6.54 Å². The van der Waals surface area contributed by atoms with Gasteiger partial charge in [-0.3, -0.25) is 4.68 Å². The molecule has 0 fully saturated rings. The zero-order valence-electron chi connectivity index (χ0n) is 8.71. The van der Waals surface area contributed by atoms with Gasteiger partial charge in [0.2, 0.25) is 0 Å². The Morgan fingerprint density at radius 2 is 2.40 bits per heavy atom. The molecule has 0 aliphatic rings. The molecular formula is C9H13N5S. The molecule has 0 saturated heterocycles. The average molecular weight is 223 g/mol. The van der Waals surface area contributed by atoms with Gasteiger partial charge in [0.25, 0.3) is 0 Å². The van der Waals surface area contributed by atoms with E-state index in [0.717, 1.165) is 11.5 Å². The van der Waals surface area contributed by atoms with E-state index in [1.165, 1.54) is 0 Å².